The summed E-state index contributed by atoms with van der Waals surface area (Å²) in [6.45, 7) is 2.15. The molecule has 2 bridgehead atoms. The van der Waals surface area contributed by atoms with Crippen molar-refractivity contribution < 1.29 is 23.9 Å². The molecule has 2 saturated heterocycles. The Morgan fingerprint density at radius 3 is 2.29 bits per heavy atom. The second kappa shape index (κ2) is 14.4. The van der Waals surface area contributed by atoms with Crippen LogP contribution in [0, 0.1) is 0 Å². The average molecular weight is 522 g/mol. The average Bonchev–Trinajstić information content (AvgIpc) is 2.83. The van der Waals surface area contributed by atoms with Gasteiger partial charge in [-0.2, -0.15) is 0 Å². The zero-order chi connectivity index (χ0) is 25.0. The largest absolute Gasteiger partial charge is 0.460 e. The molecule has 1 aromatic carbocycles. The topological polar surface area (TPSA) is 114 Å². The fourth-order valence-corrected chi connectivity index (χ4v) is 6.38. The molecule has 2 fully saturated rings. The fourth-order valence-electron chi connectivity index (χ4n) is 4.07. The summed E-state index contributed by atoms with van der Waals surface area (Å²) >= 11 is 0. The first-order chi connectivity index (χ1) is 17.0. The summed E-state index contributed by atoms with van der Waals surface area (Å²) < 4.78 is 5.75. The number of hydrogen-bond donors (Lipinski definition) is 3. The van der Waals surface area contributed by atoms with Gasteiger partial charge in [-0.1, -0.05) is 84.5 Å². The molecule has 2 aliphatic rings. The van der Waals surface area contributed by atoms with Gasteiger partial charge < -0.3 is 20.7 Å². The summed E-state index contributed by atoms with van der Waals surface area (Å²) in [6.07, 6.45) is 5.42. The van der Waals surface area contributed by atoms with Gasteiger partial charge in [0.25, 0.3) is 0 Å². The molecule has 0 radical (unpaired) electrons. The second-order valence-corrected chi connectivity index (χ2v) is 11.5. The predicted octanol–water partition coefficient (Wildman–Crippen LogP) is 2.75. The quantitative estimate of drug-likeness (QED) is 0.274. The Hall–Kier alpha value is -2.20. The van der Waals surface area contributed by atoms with Gasteiger partial charge in [0.1, 0.15) is 24.2 Å². The first kappa shape index (κ1) is 27.4. The lowest BCUT2D eigenvalue weighted by atomic mass is 10.0. The Labute approximate surface area is 214 Å². The maximum absolute atomic E-state index is 13.2. The molecule has 8 nitrogen and oxygen atoms in total. The zero-order valence-corrected chi connectivity index (χ0v) is 21.8. The number of cyclic esters (lactones) is 1. The van der Waals surface area contributed by atoms with Crippen LogP contribution in [0.5, 0.6) is 0 Å². The molecule has 192 valence electrons. The molecule has 3 N–H and O–H groups in total. The van der Waals surface area contributed by atoms with Gasteiger partial charge in [0.05, 0.1) is 6.42 Å². The van der Waals surface area contributed by atoms with E-state index in [0.717, 1.165) is 37.7 Å². The van der Waals surface area contributed by atoms with Crippen molar-refractivity contribution in [2.75, 3.05) is 11.5 Å². The number of carbonyl (C=O) groups excluding carboxylic acids is 4. The number of ether oxygens (including phenoxy) is 1. The highest BCUT2D eigenvalue weighted by Gasteiger charge is 2.34. The maximum atomic E-state index is 13.2. The van der Waals surface area contributed by atoms with Crippen molar-refractivity contribution >= 4 is 45.3 Å². The van der Waals surface area contributed by atoms with Crippen molar-refractivity contribution in [3.63, 3.8) is 0 Å². The van der Waals surface area contributed by atoms with Gasteiger partial charge >= 0.3 is 5.97 Å². The van der Waals surface area contributed by atoms with Gasteiger partial charge in [0.2, 0.25) is 17.7 Å². The summed E-state index contributed by atoms with van der Waals surface area (Å²) in [6, 6.07) is 6.92. The third-order valence-corrected chi connectivity index (χ3v) is 8.47. The van der Waals surface area contributed by atoms with Gasteiger partial charge in [-0.25, -0.2) is 4.79 Å². The lowest BCUT2D eigenvalue weighted by molar-refractivity contribution is -0.154. The van der Waals surface area contributed by atoms with E-state index in [4.69, 9.17) is 4.74 Å². The standard InChI is InChI=1S/C25H35N3O5S2/c1-2-3-4-5-9-12-18-14-22(29)26-19(13-17-10-7-6-8-11-17)23(30)27-20-15-34-35-16-21(25(32)33-18)28-24(20)31/h6-8,10-11,18-21H,2-5,9,12-16H2,1H3,(H,26,29)(H,27,30)(H,28,31)/t18?,19-,20+,21+/m1/s1. The van der Waals surface area contributed by atoms with Crippen LogP contribution in [0.15, 0.2) is 30.3 Å². The second-order valence-electron chi connectivity index (χ2n) is 8.97. The molecule has 35 heavy (non-hydrogen) atoms. The molecule has 3 rings (SSSR count). The molecule has 3 amide bonds. The number of carbonyl (C=O) groups is 4. The van der Waals surface area contributed by atoms with E-state index in [0.29, 0.717) is 24.3 Å². The van der Waals surface area contributed by atoms with Crippen LogP contribution < -0.4 is 16.0 Å². The first-order valence-electron chi connectivity index (χ1n) is 12.3. The molecule has 0 spiro atoms. The molecular formula is C25H35N3O5S2. The van der Waals surface area contributed by atoms with Crippen LogP contribution in [0.4, 0.5) is 0 Å². The van der Waals surface area contributed by atoms with Gasteiger partial charge in [-0.15, -0.1) is 0 Å². The van der Waals surface area contributed by atoms with Crippen molar-refractivity contribution in [3.05, 3.63) is 35.9 Å². The SMILES string of the molecule is CCCCCCCC1CC(=O)N[C@H](Cc2ccccc2)C(=O)N[C@H]2CSSC[C@H](NC2=O)C(=O)O1. The molecule has 0 aliphatic carbocycles. The van der Waals surface area contributed by atoms with E-state index >= 15 is 0 Å². The van der Waals surface area contributed by atoms with Crippen LogP contribution in [0.2, 0.25) is 0 Å². The number of hydrogen-bond acceptors (Lipinski definition) is 7. The number of amides is 3. The van der Waals surface area contributed by atoms with E-state index in [1.165, 1.54) is 21.6 Å². The minimum absolute atomic E-state index is 0.0237. The van der Waals surface area contributed by atoms with Crippen LogP contribution in [0.1, 0.15) is 57.4 Å². The monoisotopic (exact) mass is 521 g/mol. The highest BCUT2D eigenvalue weighted by Crippen LogP contribution is 2.26. The maximum Gasteiger partial charge on any atom is 0.329 e. The highest BCUT2D eigenvalue weighted by molar-refractivity contribution is 8.76. The number of rotatable bonds is 8. The lowest BCUT2D eigenvalue weighted by Gasteiger charge is -2.26. The summed E-state index contributed by atoms with van der Waals surface area (Å²) in [5.74, 6) is -1.01. The number of fused-ring (bicyclic) bond motifs is 3. The number of esters is 1. The van der Waals surface area contributed by atoms with E-state index in [-0.39, 0.29) is 12.3 Å². The Kier molecular flexibility index (Phi) is 11.3. The Morgan fingerprint density at radius 2 is 1.54 bits per heavy atom. The number of unbranched alkanes of at least 4 members (excludes halogenated alkanes) is 4. The molecule has 2 aliphatic heterocycles. The molecule has 4 atom stereocenters. The van der Waals surface area contributed by atoms with E-state index in [1.54, 1.807) is 0 Å². The van der Waals surface area contributed by atoms with Crippen molar-refractivity contribution in [2.24, 2.45) is 0 Å². The number of benzene rings is 1. The summed E-state index contributed by atoms with van der Waals surface area (Å²) in [5, 5.41) is 8.35. The molecule has 1 unspecified atom stereocenters. The van der Waals surface area contributed by atoms with E-state index in [1.807, 2.05) is 30.3 Å². The van der Waals surface area contributed by atoms with Gasteiger partial charge in [-0.05, 0) is 18.4 Å². The van der Waals surface area contributed by atoms with Crippen LogP contribution >= 0.6 is 21.6 Å². The highest BCUT2D eigenvalue weighted by atomic mass is 33.1. The van der Waals surface area contributed by atoms with Gasteiger partial charge in [0.15, 0.2) is 0 Å². The molecule has 0 saturated carbocycles. The van der Waals surface area contributed by atoms with Gasteiger partial charge in [0, 0.05) is 17.9 Å². The third kappa shape index (κ3) is 9.07. The molecule has 1 aromatic rings. The fraction of sp³-hybridized carbons (Fsp3) is 0.600. The Balaban J connectivity index is 1.80. The smallest absolute Gasteiger partial charge is 0.329 e. The Bertz CT molecular complexity index is 870. The van der Waals surface area contributed by atoms with Crippen molar-refractivity contribution in [3.8, 4) is 0 Å². The third-order valence-electron chi connectivity index (χ3n) is 6.05. The predicted molar refractivity (Wildman–Crippen MR) is 139 cm³/mol. The summed E-state index contributed by atoms with van der Waals surface area (Å²) in [7, 11) is 2.88. The van der Waals surface area contributed by atoms with Crippen molar-refractivity contribution in [1.29, 1.82) is 0 Å². The normalized spacial score (nSPS) is 26.1. The Morgan fingerprint density at radius 1 is 0.857 bits per heavy atom. The summed E-state index contributed by atoms with van der Waals surface area (Å²) in [4.78, 5) is 52.0. The first-order valence-corrected chi connectivity index (χ1v) is 14.8. The van der Waals surface area contributed by atoms with E-state index in [9.17, 15) is 19.2 Å². The van der Waals surface area contributed by atoms with Crippen LogP contribution in [0.3, 0.4) is 0 Å². The number of nitrogens with one attached hydrogen (secondary N) is 3. The molecule has 10 heteroatoms. The van der Waals surface area contributed by atoms with Crippen LogP contribution in [0.25, 0.3) is 0 Å². The molecule has 2 heterocycles. The lowest BCUT2D eigenvalue weighted by Crippen LogP contribution is -2.57. The molecular weight excluding hydrogens is 486 g/mol. The van der Waals surface area contributed by atoms with Crippen LogP contribution in [-0.2, 0) is 30.3 Å². The minimum Gasteiger partial charge on any atom is -0.460 e. The zero-order valence-electron chi connectivity index (χ0n) is 20.1. The van der Waals surface area contributed by atoms with Crippen LogP contribution in [-0.4, -0.2) is 59.4 Å². The van der Waals surface area contributed by atoms with E-state index < -0.39 is 42.0 Å². The van der Waals surface area contributed by atoms with Crippen molar-refractivity contribution in [2.45, 2.75) is 82.5 Å². The molecule has 0 aromatic heterocycles. The van der Waals surface area contributed by atoms with Gasteiger partial charge in [-0.3, -0.25) is 14.4 Å². The van der Waals surface area contributed by atoms with E-state index in [2.05, 4.69) is 22.9 Å². The van der Waals surface area contributed by atoms with Crippen molar-refractivity contribution in [1.82, 2.24) is 16.0 Å². The minimum atomic E-state index is -0.849. The summed E-state index contributed by atoms with van der Waals surface area (Å²) in [5.41, 5.74) is 0.892.